The highest BCUT2D eigenvalue weighted by Gasteiger charge is 2.20. The molecule has 0 spiro atoms. The van der Waals surface area contributed by atoms with Crippen LogP contribution in [-0.4, -0.2) is 104 Å². The molecule has 2 aliphatic rings. The number of carbonyl (C=O) groups excluding carboxylic acids is 1. The number of hydrogen-bond donors (Lipinski definition) is 2. The van der Waals surface area contributed by atoms with Crippen molar-refractivity contribution in [2.75, 3.05) is 83.7 Å². The number of fused-ring (bicyclic) bond motifs is 1. The topological polar surface area (TPSA) is 85.9 Å². The van der Waals surface area contributed by atoms with Crippen molar-refractivity contribution in [2.24, 2.45) is 0 Å². The van der Waals surface area contributed by atoms with E-state index < -0.39 is 0 Å². The SMILES string of the molecule is CNc1nccc(-c2cc(NC(=O)CN3CCN(CCCN4CCCC4)CC3)c3cc(OC)ccc3c2)n1. The van der Waals surface area contributed by atoms with Crippen molar-refractivity contribution in [3.05, 3.63) is 42.6 Å². The van der Waals surface area contributed by atoms with Crippen LogP contribution in [0.3, 0.4) is 0 Å². The highest BCUT2D eigenvalue weighted by molar-refractivity contribution is 6.05. The maximum atomic E-state index is 13.2. The van der Waals surface area contributed by atoms with Crippen LogP contribution in [0.2, 0.25) is 0 Å². The van der Waals surface area contributed by atoms with Crippen molar-refractivity contribution >= 4 is 28.3 Å². The van der Waals surface area contributed by atoms with Crippen LogP contribution in [0, 0.1) is 0 Å². The number of aromatic nitrogens is 2. The predicted octanol–water partition coefficient (Wildman–Crippen LogP) is 3.39. The maximum absolute atomic E-state index is 13.2. The minimum Gasteiger partial charge on any atom is -0.497 e. The van der Waals surface area contributed by atoms with E-state index in [1.807, 2.05) is 30.3 Å². The fourth-order valence-corrected chi connectivity index (χ4v) is 5.44. The number of carbonyl (C=O) groups is 1. The molecule has 2 aromatic carbocycles. The number of amides is 1. The molecule has 5 rings (SSSR count). The average molecular weight is 518 g/mol. The lowest BCUT2D eigenvalue weighted by atomic mass is 10.0. The zero-order chi connectivity index (χ0) is 26.3. The first-order valence-corrected chi connectivity index (χ1v) is 13.7. The summed E-state index contributed by atoms with van der Waals surface area (Å²) in [5, 5.41) is 8.12. The van der Waals surface area contributed by atoms with E-state index in [0.29, 0.717) is 12.5 Å². The molecule has 38 heavy (non-hydrogen) atoms. The van der Waals surface area contributed by atoms with Crippen LogP contribution >= 0.6 is 0 Å². The summed E-state index contributed by atoms with van der Waals surface area (Å²) in [6, 6.07) is 11.9. The van der Waals surface area contributed by atoms with E-state index in [2.05, 4.69) is 41.4 Å². The van der Waals surface area contributed by atoms with Gasteiger partial charge in [0.25, 0.3) is 0 Å². The van der Waals surface area contributed by atoms with Crippen molar-refractivity contribution in [3.63, 3.8) is 0 Å². The summed E-state index contributed by atoms with van der Waals surface area (Å²) in [6.07, 6.45) is 5.67. The van der Waals surface area contributed by atoms with Gasteiger partial charge in [-0.3, -0.25) is 9.69 Å². The molecule has 0 radical (unpaired) electrons. The molecule has 1 aromatic heterocycles. The average Bonchev–Trinajstić information content (AvgIpc) is 3.47. The van der Waals surface area contributed by atoms with Gasteiger partial charge in [0.2, 0.25) is 11.9 Å². The predicted molar refractivity (Wildman–Crippen MR) is 153 cm³/mol. The number of ether oxygens (including phenoxy) is 1. The zero-order valence-corrected chi connectivity index (χ0v) is 22.6. The Bertz CT molecular complexity index is 1240. The molecule has 1 amide bonds. The molecule has 2 N–H and O–H groups in total. The van der Waals surface area contributed by atoms with Crippen LogP contribution in [0.5, 0.6) is 5.75 Å². The molecule has 0 aliphatic carbocycles. The fourth-order valence-electron chi connectivity index (χ4n) is 5.44. The smallest absolute Gasteiger partial charge is 0.238 e. The van der Waals surface area contributed by atoms with Gasteiger partial charge in [0.1, 0.15) is 5.75 Å². The monoisotopic (exact) mass is 517 g/mol. The number of benzene rings is 2. The first-order chi connectivity index (χ1) is 18.6. The molecule has 3 heterocycles. The number of anilines is 2. The molecule has 202 valence electrons. The Labute approximate surface area is 225 Å². The van der Waals surface area contributed by atoms with Crippen molar-refractivity contribution < 1.29 is 9.53 Å². The second-order valence-corrected chi connectivity index (χ2v) is 10.2. The van der Waals surface area contributed by atoms with E-state index in [1.165, 1.54) is 38.9 Å². The van der Waals surface area contributed by atoms with Crippen LogP contribution in [0.4, 0.5) is 11.6 Å². The highest BCUT2D eigenvalue weighted by atomic mass is 16.5. The molecule has 9 heteroatoms. The molecule has 0 atom stereocenters. The van der Waals surface area contributed by atoms with E-state index in [0.717, 1.165) is 66.2 Å². The lowest BCUT2D eigenvalue weighted by Crippen LogP contribution is -2.49. The van der Waals surface area contributed by atoms with Crippen LogP contribution in [-0.2, 0) is 4.79 Å². The first kappa shape index (κ1) is 26.3. The molecule has 0 saturated carbocycles. The quantitative estimate of drug-likeness (QED) is 0.423. The highest BCUT2D eigenvalue weighted by Crippen LogP contribution is 2.33. The van der Waals surface area contributed by atoms with Gasteiger partial charge < -0.3 is 25.2 Å². The van der Waals surface area contributed by atoms with Gasteiger partial charge in [-0.15, -0.1) is 0 Å². The maximum Gasteiger partial charge on any atom is 0.238 e. The molecule has 0 bridgehead atoms. The second kappa shape index (κ2) is 12.5. The molecule has 3 aromatic rings. The summed E-state index contributed by atoms with van der Waals surface area (Å²) in [6.45, 7) is 9.15. The second-order valence-electron chi connectivity index (χ2n) is 10.2. The number of piperazine rings is 1. The standard InChI is InChI=1S/C29H39N7O2/c1-30-29-31-9-8-26(33-29)23-18-22-6-7-24(38-2)20-25(22)27(19-23)32-28(37)21-36-16-14-35(15-17-36)13-5-12-34-10-3-4-11-34/h6-9,18-20H,3-5,10-17,21H2,1-2H3,(H,32,37)(H,30,31,33). The Balaban J connectivity index is 1.23. The lowest BCUT2D eigenvalue weighted by molar-refractivity contribution is -0.117. The fraction of sp³-hybridized carbons (Fsp3) is 0.483. The largest absolute Gasteiger partial charge is 0.497 e. The molecule has 9 nitrogen and oxygen atoms in total. The van der Waals surface area contributed by atoms with Crippen LogP contribution in [0.1, 0.15) is 19.3 Å². The summed E-state index contributed by atoms with van der Waals surface area (Å²) in [5.41, 5.74) is 2.46. The normalized spacial score (nSPS) is 17.1. The Hall–Kier alpha value is -3.27. The third kappa shape index (κ3) is 6.59. The Morgan fingerprint density at radius 3 is 2.42 bits per heavy atom. The lowest BCUT2D eigenvalue weighted by Gasteiger charge is -2.34. The third-order valence-electron chi connectivity index (χ3n) is 7.59. The summed E-state index contributed by atoms with van der Waals surface area (Å²) in [4.78, 5) is 29.4. The van der Waals surface area contributed by atoms with Crippen LogP contribution in [0.15, 0.2) is 42.6 Å². The summed E-state index contributed by atoms with van der Waals surface area (Å²) < 4.78 is 5.46. The summed E-state index contributed by atoms with van der Waals surface area (Å²) >= 11 is 0. The van der Waals surface area contributed by atoms with Gasteiger partial charge in [-0.1, -0.05) is 6.07 Å². The van der Waals surface area contributed by atoms with Gasteiger partial charge in [-0.2, -0.15) is 0 Å². The van der Waals surface area contributed by atoms with Gasteiger partial charge >= 0.3 is 0 Å². The van der Waals surface area contributed by atoms with E-state index in [1.54, 1.807) is 20.4 Å². The number of nitrogens with zero attached hydrogens (tertiary/aromatic N) is 5. The van der Waals surface area contributed by atoms with Gasteiger partial charge in [-0.25, -0.2) is 9.97 Å². The number of methoxy groups -OCH3 is 1. The van der Waals surface area contributed by atoms with Crippen LogP contribution in [0.25, 0.3) is 22.0 Å². The summed E-state index contributed by atoms with van der Waals surface area (Å²) in [5.74, 6) is 1.30. The van der Waals surface area contributed by atoms with Crippen molar-refractivity contribution in [1.82, 2.24) is 24.7 Å². The minimum atomic E-state index is -0.00708. The molecule has 2 fully saturated rings. The van der Waals surface area contributed by atoms with Gasteiger partial charge in [0.05, 0.1) is 19.3 Å². The summed E-state index contributed by atoms with van der Waals surface area (Å²) in [7, 11) is 3.45. The van der Waals surface area contributed by atoms with Gasteiger partial charge in [0, 0.05) is 56.1 Å². The number of hydrogen-bond acceptors (Lipinski definition) is 8. The Morgan fingerprint density at radius 1 is 0.947 bits per heavy atom. The Morgan fingerprint density at radius 2 is 1.68 bits per heavy atom. The van der Waals surface area contributed by atoms with E-state index in [9.17, 15) is 4.79 Å². The molecular weight excluding hydrogens is 478 g/mol. The third-order valence-corrected chi connectivity index (χ3v) is 7.59. The van der Waals surface area contributed by atoms with Gasteiger partial charge in [-0.05, 0) is 81.2 Å². The molecular formula is C29H39N7O2. The number of nitrogens with one attached hydrogen (secondary N) is 2. The van der Waals surface area contributed by atoms with Crippen LogP contribution < -0.4 is 15.4 Å². The minimum absolute atomic E-state index is 0.00708. The Kier molecular flexibility index (Phi) is 8.68. The van der Waals surface area contributed by atoms with Gasteiger partial charge in [0.15, 0.2) is 0 Å². The molecule has 2 aliphatic heterocycles. The molecule has 0 unspecified atom stereocenters. The van der Waals surface area contributed by atoms with E-state index in [-0.39, 0.29) is 5.91 Å². The first-order valence-electron chi connectivity index (χ1n) is 13.7. The number of likely N-dealkylation sites (tertiary alicyclic amines) is 1. The van der Waals surface area contributed by atoms with E-state index in [4.69, 9.17) is 4.74 Å². The molecule has 2 saturated heterocycles. The number of rotatable bonds is 10. The van der Waals surface area contributed by atoms with Crippen molar-refractivity contribution in [2.45, 2.75) is 19.3 Å². The van der Waals surface area contributed by atoms with E-state index >= 15 is 0 Å². The van der Waals surface area contributed by atoms with Crippen molar-refractivity contribution in [3.8, 4) is 17.0 Å². The zero-order valence-electron chi connectivity index (χ0n) is 22.6. The van der Waals surface area contributed by atoms with Crippen molar-refractivity contribution in [1.29, 1.82) is 0 Å².